The normalized spacial score (nSPS) is 10.5. The van der Waals surface area contributed by atoms with E-state index in [-0.39, 0.29) is 31.0 Å². The van der Waals surface area contributed by atoms with Gasteiger partial charge in [0.1, 0.15) is 11.6 Å². The molecule has 6 nitrogen and oxygen atoms in total. The highest BCUT2D eigenvalue weighted by Crippen LogP contribution is 2.21. The van der Waals surface area contributed by atoms with Crippen molar-refractivity contribution in [2.24, 2.45) is 0 Å². The number of hydrogen-bond acceptors (Lipinski definition) is 4. The average molecular weight is 381 g/mol. The third kappa shape index (κ3) is 4.82. The number of amides is 1. The molecule has 3 aromatic rings. The maximum Gasteiger partial charge on any atom is 0.266 e. The van der Waals surface area contributed by atoms with Gasteiger partial charge in [0.25, 0.3) is 5.56 Å². The Bertz CT molecular complexity index is 1030. The first kappa shape index (κ1) is 19.3. The molecule has 0 radical (unpaired) electrons. The number of carbonyl (C=O) groups is 1. The van der Waals surface area contributed by atoms with E-state index >= 15 is 0 Å². The van der Waals surface area contributed by atoms with Gasteiger partial charge < -0.3 is 10.1 Å². The zero-order chi connectivity index (χ0) is 19.9. The van der Waals surface area contributed by atoms with Crippen LogP contribution in [0.3, 0.4) is 0 Å². The molecular weight excluding hydrogens is 361 g/mol. The lowest BCUT2D eigenvalue weighted by molar-refractivity contribution is -0.120. The Labute approximate surface area is 161 Å². The molecule has 0 fully saturated rings. The summed E-state index contributed by atoms with van der Waals surface area (Å²) in [6, 6.07) is 16.6. The van der Waals surface area contributed by atoms with Crippen LogP contribution in [0.25, 0.3) is 11.3 Å². The lowest BCUT2D eigenvalue weighted by Crippen LogP contribution is -2.32. The van der Waals surface area contributed by atoms with Gasteiger partial charge in [-0.05, 0) is 29.8 Å². The monoisotopic (exact) mass is 381 g/mol. The molecule has 144 valence electrons. The minimum Gasteiger partial charge on any atom is -0.497 e. The first-order valence-electron chi connectivity index (χ1n) is 8.79. The van der Waals surface area contributed by atoms with Crippen molar-refractivity contribution in [2.45, 2.75) is 13.0 Å². The number of hydrogen-bond donors (Lipinski definition) is 1. The van der Waals surface area contributed by atoms with E-state index in [9.17, 15) is 14.0 Å². The van der Waals surface area contributed by atoms with Gasteiger partial charge in [0.05, 0.1) is 25.8 Å². The van der Waals surface area contributed by atoms with Crippen molar-refractivity contribution in [1.82, 2.24) is 15.1 Å². The summed E-state index contributed by atoms with van der Waals surface area (Å²) in [5.41, 5.74) is 1.50. The highest BCUT2D eigenvalue weighted by Gasteiger charge is 2.08. The van der Waals surface area contributed by atoms with E-state index in [1.54, 1.807) is 31.4 Å². The van der Waals surface area contributed by atoms with E-state index in [2.05, 4.69) is 10.4 Å². The Hall–Kier alpha value is -3.48. The summed E-state index contributed by atoms with van der Waals surface area (Å²) >= 11 is 0. The van der Waals surface area contributed by atoms with Crippen LogP contribution in [0.5, 0.6) is 5.75 Å². The van der Waals surface area contributed by atoms with Gasteiger partial charge in [-0.3, -0.25) is 9.59 Å². The summed E-state index contributed by atoms with van der Waals surface area (Å²) in [5.74, 6) is -0.0407. The van der Waals surface area contributed by atoms with Crippen LogP contribution in [-0.4, -0.2) is 29.3 Å². The highest BCUT2D eigenvalue weighted by molar-refractivity contribution is 5.78. The second-order valence-corrected chi connectivity index (χ2v) is 6.13. The molecule has 0 unspecified atom stereocenters. The van der Waals surface area contributed by atoms with Crippen molar-refractivity contribution in [3.63, 3.8) is 0 Å². The molecule has 1 N–H and O–H groups in total. The maximum absolute atomic E-state index is 13.6. The average Bonchev–Trinajstić information content (AvgIpc) is 2.71. The van der Waals surface area contributed by atoms with E-state index in [0.717, 1.165) is 5.56 Å². The Kier molecular flexibility index (Phi) is 6.16. The molecule has 0 aliphatic rings. The Morgan fingerprint density at radius 3 is 2.75 bits per heavy atom. The van der Waals surface area contributed by atoms with Crippen molar-refractivity contribution in [3.05, 3.63) is 82.4 Å². The molecule has 1 aromatic heterocycles. The summed E-state index contributed by atoms with van der Waals surface area (Å²) in [4.78, 5) is 24.1. The summed E-state index contributed by atoms with van der Waals surface area (Å²) < 4.78 is 20.1. The van der Waals surface area contributed by atoms with Gasteiger partial charge >= 0.3 is 0 Å². The van der Waals surface area contributed by atoms with E-state index in [4.69, 9.17) is 4.74 Å². The molecular formula is C21H20FN3O3. The third-order valence-electron chi connectivity index (χ3n) is 4.19. The van der Waals surface area contributed by atoms with Crippen LogP contribution in [0.4, 0.5) is 4.39 Å². The topological polar surface area (TPSA) is 73.2 Å². The van der Waals surface area contributed by atoms with Gasteiger partial charge in [-0.2, -0.15) is 5.10 Å². The first-order chi connectivity index (χ1) is 13.6. The van der Waals surface area contributed by atoms with E-state index < -0.39 is 5.82 Å². The molecule has 1 heterocycles. The molecule has 0 aliphatic carbocycles. The minimum absolute atomic E-state index is 0.0567. The van der Waals surface area contributed by atoms with Gasteiger partial charge in [-0.15, -0.1) is 0 Å². The maximum atomic E-state index is 13.6. The lowest BCUT2D eigenvalue weighted by Gasteiger charge is -2.09. The number of carbonyl (C=O) groups excluding carboxylic acids is 1. The fraction of sp³-hybridized carbons (Fsp3) is 0.190. The summed E-state index contributed by atoms with van der Waals surface area (Å²) in [6.45, 7) is 0.418. The minimum atomic E-state index is -0.415. The van der Waals surface area contributed by atoms with Gasteiger partial charge in [0.15, 0.2) is 0 Å². The number of methoxy groups -OCH3 is 1. The highest BCUT2D eigenvalue weighted by atomic mass is 19.1. The fourth-order valence-electron chi connectivity index (χ4n) is 2.72. The molecule has 3 rings (SSSR count). The number of nitrogens with one attached hydrogen (secondary N) is 1. The molecule has 1 amide bonds. The van der Waals surface area contributed by atoms with Gasteiger partial charge in [0.2, 0.25) is 5.91 Å². The van der Waals surface area contributed by atoms with Gasteiger partial charge in [0, 0.05) is 18.2 Å². The van der Waals surface area contributed by atoms with Crippen LogP contribution in [0.1, 0.15) is 5.56 Å². The number of halogens is 1. The van der Waals surface area contributed by atoms with Crippen molar-refractivity contribution in [1.29, 1.82) is 0 Å². The molecule has 0 saturated heterocycles. The molecule has 28 heavy (non-hydrogen) atoms. The standard InChI is InChI=1S/C21H20FN3O3/c1-28-17-7-4-6-16(13-17)19-9-10-21(27)25(24-19)12-11-23-20(26)14-15-5-2-3-8-18(15)22/h2-10,13H,11-12,14H2,1H3,(H,23,26). The van der Waals surface area contributed by atoms with Crippen LogP contribution in [0, 0.1) is 5.82 Å². The molecule has 0 bridgehead atoms. The van der Waals surface area contributed by atoms with Gasteiger partial charge in [-0.1, -0.05) is 30.3 Å². The SMILES string of the molecule is COc1cccc(-c2ccc(=O)n(CCNC(=O)Cc3ccccc3F)n2)c1. The van der Waals surface area contributed by atoms with E-state index in [1.165, 1.54) is 16.8 Å². The number of benzene rings is 2. The predicted octanol–water partition coefficient (Wildman–Crippen LogP) is 2.42. The zero-order valence-corrected chi connectivity index (χ0v) is 15.4. The number of nitrogens with zero attached hydrogens (tertiary/aromatic N) is 2. The second kappa shape index (κ2) is 8.94. The van der Waals surface area contributed by atoms with Crippen molar-refractivity contribution >= 4 is 5.91 Å². The Balaban J connectivity index is 1.63. The van der Waals surface area contributed by atoms with Crippen LogP contribution >= 0.6 is 0 Å². The third-order valence-corrected chi connectivity index (χ3v) is 4.19. The smallest absolute Gasteiger partial charge is 0.266 e. The van der Waals surface area contributed by atoms with Crippen molar-refractivity contribution in [2.75, 3.05) is 13.7 Å². The summed E-state index contributed by atoms with van der Waals surface area (Å²) in [7, 11) is 1.58. The zero-order valence-electron chi connectivity index (χ0n) is 15.4. The molecule has 0 atom stereocenters. The number of ether oxygens (including phenoxy) is 1. The quantitative estimate of drug-likeness (QED) is 0.682. The molecule has 7 heteroatoms. The predicted molar refractivity (Wildman–Crippen MR) is 104 cm³/mol. The molecule has 0 saturated carbocycles. The largest absolute Gasteiger partial charge is 0.497 e. The molecule has 0 spiro atoms. The van der Waals surface area contributed by atoms with Crippen LogP contribution in [0.2, 0.25) is 0 Å². The molecule has 0 aliphatic heterocycles. The Morgan fingerprint density at radius 1 is 1.14 bits per heavy atom. The second-order valence-electron chi connectivity index (χ2n) is 6.13. The molecule has 2 aromatic carbocycles. The van der Waals surface area contributed by atoms with Crippen molar-refractivity contribution < 1.29 is 13.9 Å². The number of aromatic nitrogens is 2. The van der Waals surface area contributed by atoms with E-state index in [0.29, 0.717) is 17.0 Å². The van der Waals surface area contributed by atoms with Crippen LogP contribution in [-0.2, 0) is 17.8 Å². The summed E-state index contributed by atoms with van der Waals surface area (Å²) in [6.07, 6.45) is -0.0567. The van der Waals surface area contributed by atoms with Crippen molar-refractivity contribution in [3.8, 4) is 17.0 Å². The summed E-state index contributed by atoms with van der Waals surface area (Å²) in [5, 5.41) is 7.04. The Morgan fingerprint density at radius 2 is 1.96 bits per heavy atom. The van der Waals surface area contributed by atoms with Crippen LogP contribution in [0.15, 0.2) is 65.5 Å². The van der Waals surface area contributed by atoms with E-state index in [1.807, 2.05) is 24.3 Å². The number of rotatable bonds is 7. The fourth-order valence-corrected chi connectivity index (χ4v) is 2.72. The first-order valence-corrected chi connectivity index (χ1v) is 8.79. The lowest BCUT2D eigenvalue weighted by atomic mass is 10.1. The van der Waals surface area contributed by atoms with Gasteiger partial charge in [-0.25, -0.2) is 9.07 Å². The van der Waals surface area contributed by atoms with Crippen LogP contribution < -0.4 is 15.6 Å².